The Morgan fingerprint density at radius 2 is 1.67 bits per heavy atom. The van der Waals surface area contributed by atoms with Crippen molar-refractivity contribution in [3.63, 3.8) is 0 Å². The van der Waals surface area contributed by atoms with Gasteiger partial charge in [-0.3, -0.25) is 9.59 Å². The highest BCUT2D eigenvalue weighted by atomic mass is 19.4. The number of benzene rings is 2. The third-order valence-corrected chi connectivity index (χ3v) is 3.56. The standard InChI is InChI=1S/C19H15F3N2O3/c20-19(21,22)15-6-8-16(9-7-15)24-17(25)12-27-18(26)10-5-13-1-3-14(11-23)4-2-13/h1-4,6-9H,5,10,12H2,(H,24,25). The van der Waals surface area contributed by atoms with Crippen molar-refractivity contribution in [2.45, 2.75) is 19.0 Å². The van der Waals surface area contributed by atoms with Crippen LogP contribution < -0.4 is 5.32 Å². The first kappa shape index (κ1) is 20.0. The first-order valence-electron chi connectivity index (χ1n) is 7.89. The second kappa shape index (κ2) is 8.85. The van der Waals surface area contributed by atoms with Crippen LogP contribution in [-0.4, -0.2) is 18.5 Å². The molecule has 0 aromatic heterocycles. The number of rotatable bonds is 6. The summed E-state index contributed by atoms with van der Waals surface area (Å²) in [6.07, 6.45) is -4.00. The molecule has 0 bridgehead atoms. The van der Waals surface area contributed by atoms with Gasteiger partial charge in [-0.2, -0.15) is 18.4 Å². The molecular formula is C19H15F3N2O3. The Morgan fingerprint density at radius 3 is 2.22 bits per heavy atom. The molecule has 140 valence electrons. The van der Waals surface area contributed by atoms with E-state index >= 15 is 0 Å². The van der Waals surface area contributed by atoms with Crippen molar-refractivity contribution < 1.29 is 27.5 Å². The van der Waals surface area contributed by atoms with Crippen molar-refractivity contribution in [1.29, 1.82) is 5.26 Å². The third-order valence-electron chi connectivity index (χ3n) is 3.56. The van der Waals surface area contributed by atoms with Crippen LogP contribution in [0.25, 0.3) is 0 Å². The van der Waals surface area contributed by atoms with Gasteiger partial charge in [0, 0.05) is 12.1 Å². The van der Waals surface area contributed by atoms with Gasteiger partial charge in [0.2, 0.25) is 0 Å². The van der Waals surface area contributed by atoms with E-state index in [2.05, 4.69) is 5.32 Å². The summed E-state index contributed by atoms with van der Waals surface area (Å²) in [5.41, 5.74) is 0.706. The van der Waals surface area contributed by atoms with Crippen molar-refractivity contribution >= 4 is 17.6 Å². The van der Waals surface area contributed by atoms with Gasteiger partial charge in [0.15, 0.2) is 6.61 Å². The number of nitrogens with zero attached hydrogens (tertiary/aromatic N) is 1. The minimum absolute atomic E-state index is 0.0550. The number of anilines is 1. The number of carbonyl (C=O) groups excluding carboxylic acids is 2. The van der Waals surface area contributed by atoms with E-state index in [0.717, 1.165) is 29.8 Å². The van der Waals surface area contributed by atoms with Crippen LogP contribution >= 0.6 is 0 Å². The Hall–Kier alpha value is -3.34. The van der Waals surface area contributed by atoms with E-state index in [4.69, 9.17) is 10.00 Å². The zero-order valence-corrected chi connectivity index (χ0v) is 14.0. The molecule has 0 saturated carbocycles. The number of nitriles is 1. The lowest BCUT2D eigenvalue weighted by Crippen LogP contribution is -2.21. The Morgan fingerprint density at radius 1 is 1.04 bits per heavy atom. The molecule has 0 aliphatic carbocycles. The topological polar surface area (TPSA) is 79.2 Å². The quantitative estimate of drug-likeness (QED) is 0.780. The minimum atomic E-state index is -4.45. The molecule has 5 nitrogen and oxygen atoms in total. The average molecular weight is 376 g/mol. The first-order valence-corrected chi connectivity index (χ1v) is 7.89. The van der Waals surface area contributed by atoms with Gasteiger partial charge in [0.1, 0.15) is 0 Å². The predicted octanol–water partition coefficient (Wildman–Crippen LogP) is 3.69. The van der Waals surface area contributed by atoms with E-state index in [1.807, 2.05) is 6.07 Å². The maximum Gasteiger partial charge on any atom is 0.416 e. The van der Waals surface area contributed by atoms with E-state index < -0.39 is 30.2 Å². The molecule has 0 heterocycles. The van der Waals surface area contributed by atoms with E-state index in [0.29, 0.717) is 12.0 Å². The van der Waals surface area contributed by atoms with Crippen molar-refractivity contribution in [2.24, 2.45) is 0 Å². The molecule has 8 heteroatoms. The summed E-state index contributed by atoms with van der Waals surface area (Å²) in [4.78, 5) is 23.4. The molecule has 1 N–H and O–H groups in total. The molecule has 0 aliphatic heterocycles. The largest absolute Gasteiger partial charge is 0.456 e. The van der Waals surface area contributed by atoms with Crippen LogP contribution in [0.5, 0.6) is 0 Å². The second-order valence-electron chi connectivity index (χ2n) is 5.59. The van der Waals surface area contributed by atoms with Crippen LogP contribution in [0.2, 0.25) is 0 Å². The fourth-order valence-corrected chi connectivity index (χ4v) is 2.15. The zero-order valence-electron chi connectivity index (χ0n) is 14.0. The summed E-state index contributed by atoms with van der Waals surface area (Å²) in [7, 11) is 0. The summed E-state index contributed by atoms with van der Waals surface area (Å²) in [6.45, 7) is -0.534. The molecule has 0 unspecified atom stereocenters. The highest BCUT2D eigenvalue weighted by Gasteiger charge is 2.29. The Kier molecular flexibility index (Phi) is 6.55. The van der Waals surface area contributed by atoms with Gasteiger partial charge >= 0.3 is 12.1 Å². The van der Waals surface area contributed by atoms with E-state index in [1.54, 1.807) is 24.3 Å². The van der Waals surface area contributed by atoms with E-state index in [9.17, 15) is 22.8 Å². The molecular weight excluding hydrogens is 361 g/mol. The normalized spacial score (nSPS) is 10.7. The maximum absolute atomic E-state index is 12.5. The number of esters is 1. The molecule has 0 saturated heterocycles. The van der Waals surface area contributed by atoms with Gasteiger partial charge in [0.25, 0.3) is 5.91 Å². The SMILES string of the molecule is N#Cc1ccc(CCC(=O)OCC(=O)Nc2ccc(C(F)(F)F)cc2)cc1. The molecule has 0 spiro atoms. The number of carbonyl (C=O) groups is 2. The molecule has 0 aliphatic rings. The second-order valence-corrected chi connectivity index (χ2v) is 5.59. The third kappa shape index (κ3) is 6.47. The molecule has 0 fully saturated rings. The molecule has 1 amide bonds. The highest BCUT2D eigenvalue weighted by Crippen LogP contribution is 2.29. The Balaban J connectivity index is 1.74. The summed E-state index contributed by atoms with van der Waals surface area (Å²) in [5, 5.41) is 11.1. The van der Waals surface area contributed by atoms with Crippen LogP contribution in [-0.2, 0) is 26.9 Å². The average Bonchev–Trinajstić information content (AvgIpc) is 2.65. The summed E-state index contributed by atoms with van der Waals surface area (Å²) in [6, 6.07) is 12.6. The number of hydrogen-bond donors (Lipinski definition) is 1. The minimum Gasteiger partial charge on any atom is -0.456 e. The lowest BCUT2D eigenvalue weighted by molar-refractivity contribution is -0.147. The fraction of sp³-hybridized carbons (Fsp3) is 0.211. The summed E-state index contributed by atoms with van der Waals surface area (Å²) >= 11 is 0. The number of amides is 1. The highest BCUT2D eigenvalue weighted by molar-refractivity contribution is 5.92. The fourth-order valence-electron chi connectivity index (χ4n) is 2.15. The van der Waals surface area contributed by atoms with Crippen LogP contribution in [0, 0.1) is 11.3 Å². The number of nitrogens with one attached hydrogen (secondary N) is 1. The summed E-state index contributed by atoms with van der Waals surface area (Å²) in [5.74, 6) is -1.23. The van der Waals surface area contributed by atoms with Crippen LogP contribution in [0.15, 0.2) is 48.5 Å². The number of halogens is 3. The van der Waals surface area contributed by atoms with Crippen molar-refractivity contribution in [2.75, 3.05) is 11.9 Å². The van der Waals surface area contributed by atoms with Crippen LogP contribution in [0.1, 0.15) is 23.1 Å². The summed E-state index contributed by atoms with van der Waals surface area (Å²) < 4.78 is 42.2. The van der Waals surface area contributed by atoms with Gasteiger partial charge in [-0.25, -0.2) is 0 Å². The zero-order chi connectivity index (χ0) is 19.9. The number of ether oxygens (including phenoxy) is 1. The van der Waals surface area contributed by atoms with Crippen molar-refractivity contribution in [1.82, 2.24) is 0 Å². The number of hydrogen-bond acceptors (Lipinski definition) is 4. The molecule has 2 rings (SSSR count). The predicted molar refractivity (Wildman–Crippen MR) is 90.5 cm³/mol. The lowest BCUT2D eigenvalue weighted by atomic mass is 10.1. The van der Waals surface area contributed by atoms with Gasteiger partial charge in [0.05, 0.1) is 17.2 Å². The smallest absolute Gasteiger partial charge is 0.416 e. The van der Waals surface area contributed by atoms with Gasteiger partial charge in [-0.15, -0.1) is 0 Å². The maximum atomic E-state index is 12.5. The van der Waals surface area contributed by atoms with E-state index in [1.165, 1.54) is 0 Å². The van der Waals surface area contributed by atoms with E-state index in [-0.39, 0.29) is 12.1 Å². The molecule has 0 radical (unpaired) electrons. The molecule has 2 aromatic carbocycles. The number of alkyl halides is 3. The van der Waals surface area contributed by atoms with Gasteiger partial charge < -0.3 is 10.1 Å². The van der Waals surface area contributed by atoms with Crippen molar-refractivity contribution in [3.05, 3.63) is 65.2 Å². The molecule has 0 atom stereocenters. The lowest BCUT2D eigenvalue weighted by Gasteiger charge is -2.09. The van der Waals surface area contributed by atoms with Gasteiger partial charge in [-0.1, -0.05) is 12.1 Å². The monoisotopic (exact) mass is 376 g/mol. The Labute approximate surface area is 153 Å². The number of aryl methyl sites for hydroxylation is 1. The molecule has 2 aromatic rings. The van der Waals surface area contributed by atoms with Crippen LogP contribution in [0.4, 0.5) is 18.9 Å². The van der Waals surface area contributed by atoms with Gasteiger partial charge in [-0.05, 0) is 48.4 Å². The van der Waals surface area contributed by atoms with Crippen LogP contribution in [0.3, 0.4) is 0 Å². The Bertz CT molecular complexity index is 838. The first-order chi connectivity index (χ1) is 12.8. The van der Waals surface area contributed by atoms with Crippen molar-refractivity contribution in [3.8, 4) is 6.07 Å². The molecule has 27 heavy (non-hydrogen) atoms.